The van der Waals surface area contributed by atoms with Crippen LogP contribution in [0.15, 0.2) is 40.6 Å². The Morgan fingerprint density at radius 1 is 1.26 bits per heavy atom. The maximum atomic E-state index is 12.5. The molecule has 2 aromatic rings. The summed E-state index contributed by atoms with van der Waals surface area (Å²) in [6.45, 7) is 2.00. The summed E-state index contributed by atoms with van der Waals surface area (Å²) in [6, 6.07) is 10.3. The molecular formula is C13H16N2O2S2. The second kappa shape index (κ2) is 5.22. The number of rotatable bonds is 4. The molecule has 0 aliphatic rings. The van der Waals surface area contributed by atoms with Gasteiger partial charge in [-0.2, -0.15) is 0 Å². The SMILES string of the molecule is CCc1ccc(S(=O)(=O)N(C)c2cccc(N)c2)s1. The largest absolute Gasteiger partial charge is 0.399 e. The van der Waals surface area contributed by atoms with Crippen LogP contribution >= 0.6 is 11.3 Å². The van der Waals surface area contributed by atoms with Crippen molar-refractivity contribution >= 4 is 32.7 Å². The summed E-state index contributed by atoms with van der Waals surface area (Å²) < 4.78 is 26.6. The van der Waals surface area contributed by atoms with Gasteiger partial charge in [-0.05, 0) is 36.8 Å². The van der Waals surface area contributed by atoms with E-state index in [1.165, 1.54) is 22.7 Å². The Kier molecular flexibility index (Phi) is 3.82. The second-order valence-corrected chi connectivity index (χ2v) is 7.51. The third kappa shape index (κ3) is 2.74. The van der Waals surface area contributed by atoms with Crippen LogP contribution < -0.4 is 10.0 Å². The van der Waals surface area contributed by atoms with Gasteiger partial charge in [-0.3, -0.25) is 4.31 Å². The van der Waals surface area contributed by atoms with Gasteiger partial charge < -0.3 is 5.73 Å². The number of benzene rings is 1. The Labute approximate surface area is 117 Å². The fourth-order valence-corrected chi connectivity index (χ4v) is 4.33. The van der Waals surface area contributed by atoms with E-state index in [1.54, 1.807) is 30.3 Å². The van der Waals surface area contributed by atoms with Crippen molar-refractivity contribution in [3.8, 4) is 0 Å². The van der Waals surface area contributed by atoms with Crippen molar-refractivity contribution in [2.24, 2.45) is 0 Å². The van der Waals surface area contributed by atoms with Crippen LogP contribution in [0.25, 0.3) is 0 Å². The standard InChI is InChI=1S/C13H16N2O2S2/c1-3-12-7-8-13(18-12)19(16,17)15(2)11-6-4-5-10(14)9-11/h4-9H,3,14H2,1-2H3. The molecule has 0 amide bonds. The molecule has 0 saturated heterocycles. The van der Waals surface area contributed by atoms with Gasteiger partial charge in [0, 0.05) is 17.6 Å². The lowest BCUT2D eigenvalue weighted by atomic mass is 10.3. The van der Waals surface area contributed by atoms with Crippen LogP contribution in [0.1, 0.15) is 11.8 Å². The summed E-state index contributed by atoms with van der Waals surface area (Å²) in [5.74, 6) is 0. The van der Waals surface area contributed by atoms with Crippen molar-refractivity contribution in [1.29, 1.82) is 0 Å². The van der Waals surface area contributed by atoms with Crippen molar-refractivity contribution in [2.75, 3.05) is 17.1 Å². The fraction of sp³-hybridized carbons (Fsp3) is 0.231. The summed E-state index contributed by atoms with van der Waals surface area (Å²) in [4.78, 5) is 1.06. The summed E-state index contributed by atoms with van der Waals surface area (Å²) in [5, 5.41) is 0. The lowest BCUT2D eigenvalue weighted by molar-refractivity contribution is 0.596. The molecule has 19 heavy (non-hydrogen) atoms. The van der Waals surface area contributed by atoms with Gasteiger partial charge in [-0.15, -0.1) is 11.3 Å². The Morgan fingerprint density at radius 2 is 2.00 bits per heavy atom. The predicted molar refractivity (Wildman–Crippen MR) is 80.1 cm³/mol. The third-order valence-corrected chi connectivity index (χ3v) is 6.32. The predicted octanol–water partition coefficient (Wildman–Crippen LogP) is 2.72. The number of nitrogens with two attached hydrogens (primary N) is 1. The summed E-state index contributed by atoms with van der Waals surface area (Å²) >= 11 is 1.31. The van der Waals surface area contributed by atoms with Gasteiger partial charge in [-0.1, -0.05) is 13.0 Å². The smallest absolute Gasteiger partial charge is 0.273 e. The summed E-state index contributed by atoms with van der Waals surface area (Å²) in [6.07, 6.45) is 0.836. The molecular weight excluding hydrogens is 280 g/mol. The first-order valence-electron chi connectivity index (χ1n) is 5.88. The molecule has 1 aromatic heterocycles. The van der Waals surface area contributed by atoms with E-state index in [0.29, 0.717) is 15.6 Å². The number of thiophene rings is 1. The zero-order valence-corrected chi connectivity index (χ0v) is 12.5. The van der Waals surface area contributed by atoms with Crippen LogP contribution in [0.2, 0.25) is 0 Å². The molecule has 2 N–H and O–H groups in total. The zero-order valence-electron chi connectivity index (χ0n) is 10.8. The van der Waals surface area contributed by atoms with Crippen molar-refractivity contribution < 1.29 is 8.42 Å². The summed E-state index contributed by atoms with van der Waals surface area (Å²) in [5.41, 5.74) is 6.79. The highest BCUT2D eigenvalue weighted by Gasteiger charge is 2.23. The van der Waals surface area contributed by atoms with E-state index in [0.717, 1.165) is 11.3 Å². The topological polar surface area (TPSA) is 63.4 Å². The van der Waals surface area contributed by atoms with Crippen LogP contribution in [0, 0.1) is 0 Å². The van der Waals surface area contributed by atoms with E-state index in [4.69, 9.17) is 5.73 Å². The first kappa shape index (κ1) is 13.9. The van der Waals surface area contributed by atoms with Crippen LogP contribution in [-0.2, 0) is 16.4 Å². The molecule has 4 nitrogen and oxygen atoms in total. The second-order valence-electron chi connectivity index (χ2n) is 4.14. The van der Waals surface area contributed by atoms with E-state index in [-0.39, 0.29) is 0 Å². The number of nitrogen functional groups attached to an aromatic ring is 1. The van der Waals surface area contributed by atoms with Crippen molar-refractivity contribution in [3.63, 3.8) is 0 Å². The van der Waals surface area contributed by atoms with E-state index < -0.39 is 10.0 Å². The molecule has 0 unspecified atom stereocenters. The number of sulfonamides is 1. The van der Waals surface area contributed by atoms with Gasteiger partial charge in [0.2, 0.25) is 0 Å². The Morgan fingerprint density at radius 3 is 2.58 bits per heavy atom. The van der Waals surface area contributed by atoms with E-state index in [1.807, 2.05) is 13.0 Å². The first-order valence-corrected chi connectivity index (χ1v) is 8.14. The molecule has 1 aromatic carbocycles. The van der Waals surface area contributed by atoms with Gasteiger partial charge >= 0.3 is 0 Å². The average Bonchev–Trinajstić information content (AvgIpc) is 2.87. The molecule has 0 radical (unpaired) electrons. The molecule has 0 saturated carbocycles. The zero-order chi connectivity index (χ0) is 14.0. The minimum atomic E-state index is -3.50. The van der Waals surface area contributed by atoms with Gasteiger partial charge in [0.25, 0.3) is 10.0 Å². The maximum Gasteiger partial charge on any atom is 0.273 e. The lowest BCUT2D eigenvalue weighted by Gasteiger charge is -2.18. The fourth-order valence-electron chi connectivity index (χ4n) is 1.68. The first-order chi connectivity index (χ1) is 8.95. The van der Waals surface area contributed by atoms with Gasteiger partial charge in [-0.25, -0.2) is 8.42 Å². The molecule has 1 heterocycles. The van der Waals surface area contributed by atoms with Crippen LogP contribution in [0.3, 0.4) is 0 Å². The van der Waals surface area contributed by atoms with E-state index in [9.17, 15) is 8.42 Å². The highest BCUT2D eigenvalue weighted by atomic mass is 32.2. The van der Waals surface area contributed by atoms with Crippen LogP contribution in [0.5, 0.6) is 0 Å². The lowest BCUT2D eigenvalue weighted by Crippen LogP contribution is -2.25. The van der Waals surface area contributed by atoms with E-state index >= 15 is 0 Å². The van der Waals surface area contributed by atoms with Crippen molar-refractivity contribution in [1.82, 2.24) is 0 Å². The van der Waals surface area contributed by atoms with Gasteiger partial charge in [0.05, 0.1) is 5.69 Å². The number of hydrogen-bond donors (Lipinski definition) is 1. The van der Waals surface area contributed by atoms with Crippen LogP contribution in [-0.4, -0.2) is 15.5 Å². The normalized spacial score (nSPS) is 11.5. The number of nitrogens with zero attached hydrogens (tertiary/aromatic N) is 1. The number of aryl methyl sites for hydroxylation is 1. The molecule has 0 aliphatic carbocycles. The molecule has 0 aliphatic heterocycles. The molecule has 6 heteroatoms. The highest BCUT2D eigenvalue weighted by Crippen LogP contribution is 2.28. The monoisotopic (exact) mass is 296 g/mol. The quantitative estimate of drug-likeness (QED) is 0.882. The highest BCUT2D eigenvalue weighted by molar-refractivity contribution is 7.94. The molecule has 0 bridgehead atoms. The Bertz CT molecular complexity index is 677. The molecule has 102 valence electrons. The molecule has 0 atom stereocenters. The van der Waals surface area contributed by atoms with Crippen molar-refractivity contribution in [2.45, 2.75) is 17.6 Å². The Hall–Kier alpha value is -1.53. The minimum absolute atomic E-state index is 0.356. The molecule has 0 fully saturated rings. The maximum absolute atomic E-state index is 12.5. The van der Waals surface area contributed by atoms with Crippen molar-refractivity contribution in [3.05, 3.63) is 41.3 Å². The van der Waals surface area contributed by atoms with Gasteiger partial charge in [0.1, 0.15) is 4.21 Å². The molecule has 0 spiro atoms. The summed E-state index contributed by atoms with van der Waals surface area (Å²) in [7, 11) is -1.96. The van der Waals surface area contributed by atoms with Crippen LogP contribution in [0.4, 0.5) is 11.4 Å². The average molecular weight is 296 g/mol. The van der Waals surface area contributed by atoms with Gasteiger partial charge in [0.15, 0.2) is 0 Å². The van der Waals surface area contributed by atoms with E-state index in [2.05, 4.69) is 0 Å². The minimum Gasteiger partial charge on any atom is -0.399 e. The number of hydrogen-bond acceptors (Lipinski definition) is 4. The third-order valence-electron chi connectivity index (χ3n) is 2.83. The molecule has 2 rings (SSSR count). The number of anilines is 2. The Balaban J connectivity index is 2.39.